The van der Waals surface area contributed by atoms with E-state index >= 15 is 0 Å². The fourth-order valence-corrected chi connectivity index (χ4v) is 4.04. The van der Waals surface area contributed by atoms with Gasteiger partial charge in [-0.05, 0) is 83.6 Å². The van der Waals surface area contributed by atoms with Crippen LogP contribution in [0.4, 0.5) is 0 Å². The highest BCUT2D eigenvalue weighted by Crippen LogP contribution is 2.38. The van der Waals surface area contributed by atoms with Crippen LogP contribution in [0.15, 0.2) is 60.9 Å². The van der Waals surface area contributed by atoms with Gasteiger partial charge >= 0.3 is 0 Å². The van der Waals surface area contributed by atoms with E-state index in [-0.39, 0.29) is 5.91 Å². The zero-order chi connectivity index (χ0) is 20.5. The molecule has 0 atom stereocenters. The van der Waals surface area contributed by atoms with E-state index in [1.54, 1.807) is 19.4 Å². The Balaban J connectivity index is 2.11. The Bertz CT molecular complexity index is 1240. The molecule has 0 bridgehead atoms. The summed E-state index contributed by atoms with van der Waals surface area (Å²) in [6, 6.07) is 15.6. The third-order valence-corrected chi connectivity index (χ3v) is 5.34. The first kappa shape index (κ1) is 19.1. The molecule has 2 aromatic carbocycles. The number of carbonyl (C=O) groups excluding carboxylic acids is 1. The summed E-state index contributed by atoms with van der Waals surface area (Å²) in [6.45, 7) is 4.16. The van der Waals surface area contributed by atoms with Crippen molar-refractivity contribution in [3.8, 4) is 22.3 Å². The van der Waals surface area contributed by atoms with Gasteiger partial charge in [-0.15, -0.1) is 0 Å². The molecular weight excluding hydrogens is 382 g/mol. The highest BCUT2D eigenvalue weighted by Gasteiger charge is 2.18. The molecule has 5 heteroatoms. The largest absolute Gasteiger partial charge is 0.354 e. The SMILES string of the molecule is CNC(=O)c1cc(-c2cccc(Cl)c2)c2c(C)c(-c3ccncc3)c(C)cc2n1. The summed E-state index contributed by atoms with van der Waals surface area (Å²) in [6.07, 6.45) is 3.59. The molecule has 1 N–H and O–H groups in total. The van der Waals surface area contributed by atoms with Crippen LogP contribution >= 0.6 is 11.6 Å². The fourth-order valence-electron chi connectivity index (χ4n) is 3.85. The first-order valence-electron chi connectivity index (χ1n) is 9.33. The fraction of sp³-hybridized carbons (Fsp3) is 0.125. The van der Waals surface area contributed by atoms with E-state index in [1.165, 1.54) is 0 Å². The average Bonchev–Trinajstić information content (AvgIpc) is 2.73. The van der Waals surface area contributed by atoms with Gasteiger partial charge in [0.05, 0.1) is 5.52 Å². The molecule has 0 saturated carbocycles. The van der Waals surface area contributed by atoms with Crippen molar-refractivity contribution in [2.75, 3.05) is 7.05 Å². The summed E-state index contributed by atoms with van der Waals surface area (Å²) in [5.41, 5.74) is 7.50. The Hall–Kier alpha value is -3.24. The van der Waals surface area contributed by atoms with E-state index < -0.39 is 0 Å². The van der Waals surface area contributed by atoms with Gasteiger partial charge < -0.3 is 5.32 Å². The molecule has 4 aromatic rings. The third-order valence-electron chi connectivity index (χ3n) is 5.11. The molecule has 0 radical (unpaired) electrons. The van der Waals surface area contributed by atoms with Crippen molar-refractivity contribution in [3.05, 3.63) is 82.8 Å². The first-order valence-corrected chi connectivity index (χ1v) is 9.70. The number of pyridine rings is 2. The molecule has 4 rings (SSSR count). The van der Waals surface area contributed by atoms with Gasteiger partial charge in [-0.1, -0.05) is 23.7 Å². The number of nitrogens with zero attached hydrogens (tertiary/aromatic N) is 2. The molecule has 1 amide bonds. The van der Waals surface area contributed by atoms with Crippen LogP contribution in [0.2, 0.25) is 5.02 Å². The van der Waals surface area contributed by atoms with E-state index in [0.29, 0.717) is 10.7 Å². The summed E-state index contributed by atoms with van der Waals surface area (Å²) in [7, 11) is 1.61. The Morgan fingerprint density at radius 3 is 2.45 bits per heavy atom. The van der Waals surface area contributed by atoms with Crippen molar-refractivity contribution in [1.82, 2.24) is 15.3 Å². The highest BCUT2D eigenvalue weighted by molar-refractivity contribution is 6.31. The van der Waals surface area contributed by atoms with Gasteiger partial charge in [-0.3, -0.25) is 9.78 Å². The molecule has 4 nitrogen and oxygen atoms in total. The second-order valence-electron chi connectivity index (χ2n) is 6.97. The van der Waals surface area contributed by atoms with E-state index in [0.717, 1.165) is 44.3 Å². The summed E-state index contributed by atoms with van der Waals surface area (Å²) in [5, 5.41) is 4.33. The van der Waals surface area contributed by atoms with E-state index in [2.05, 4.69) is 29.1 Å². The predicted octanol–water partition coefficient (Wildman–Crippen LogP) is 5.59. The number of benzene rings is 2. The maximum Gasteiger partial charge on any atom is 0.269 e. The standard InChI is InChI=1S/C24H20ClN3O/c1-14-11-20-23(15(2)22(14)16-7-9-27-10-8-16)19(13-21(28-20)24(29)26-3)17-5-4-6-18(25)12-17/h4-13H,1-3H3,(H,26,29). The van der Waals surface area contributed by atoms with Gasteiger partial charge in [-0.2, -0.15) is 0 Å². The summed E-state index contributed by atoms with van der Waals surface area (Å²) in [4.78, 5) is 21.1. The zero-order valence-electron chi connectivity index (χ0n) is 16.5. The van der Waals surface area contributed by atoms with Crippen LogP contribution < -0.4 is 5.32 Å². The summed E-state index contributed by atoms with van der Waals surface area (Å²) >= 11 is 6.27. The minimum atomic E-state index is -0.219. The van der Waals surface area contributed by atoms with Gasteiger partial charge in [-0.25, -0.2) is 4.98 Å². The molecule has 0 spiro atoms. The molecule has 0 aliphatic carbocycles. The number of rotatable bonds is 3. The molecule has 29 heavy (non-hydrogen) atoms. The number of aromatic nitrogens is 2. The normalized spacial score (nSPS) is 10.9. The van der Waals surface area contributed by atoms with E-state index in [1.807, 2.05) is 48.5 Å². The number of fused-ring (bicyclic) bond motifs is 1. The van der Waals surface area contributed by atoms with Crippen molar-refractivity contribution in [3.63, 3.8) is 0 Å². The topological polar surface area (TPSA) is 54.9 Å². The van der Waals surface area contributed by atoms with Crippen molar-refractivity contribution in [2.24, 2.45) is 0 Å². The Labute approximate surface area is 174 Å². The van der Waals surface area contributed by atoms with Crippen LogP contribution in [0.1, 0.15) is 21.6 Å². The number of amides is 1. The zero-order valence-corrected chi connectivity index (χ0v) is 17.2. The number of aryl methyl sites for hydroxylation is 2. The number of halogens is 1. The predicted molar refractivity (Wildman–Crippen MR) is 118 cm³/mol. The van der Waals surface area contributed by atoms with Gasteiger partial charge in [0.1, 0.15) is 5.69 Å². The quantitative estimate of drug-likeness (QED) is 0.486. The van der Waals surface area contributed by atoms with Crippen LogP contribution in [0.25, 0.3) is 33.2 Å². The minimum Gasteiger partial charge on any atom is -0.354 e. The molecule has 2 aromatic heterocycles. The van der Waals surface area contributed by atoms with Crippen LogP contribution in [0.5, 0.6) is 0 Å². The van der Waals surface area contributed by atoms with Crippen molar-refractivity contribution in [2.45, 2.75) is 13.8 Å². The van der Waals surface area contributed by atoms with Gasteiger partial charge in [0.25, 0.3) is 5.91 Å². The molecule has 0 saturated heterocycles. The third kappa shape index (κ3) is 3.47. The number of nitrogens with one attached hydrogen (secondary N) is 1. The second-order valence-corrected chi connectivity index (χ2v) is 7.40. The molecule has 0 aliphatic heterocycles. The van der Waals surface area contributed by atoms with E-state index in [9.17, 15) is 4.79 Å². The van der Waals surface area contributed by atoms with Gasteiger partial charge in [0.15, 0.2) is 0 Å². The molecule has 2 heterocycles. The maximum atomic E-state index is 12.4. The molecule has 0 aliphatic rings. The van der Waals surface area contributed by atoms with Crippen molar-refractivity contribution in [1.29, 1.82) is 0 Å². The number of hydrogen-bond acceptors (Lipinski definition) is 3. The Kier molecular flexibility index (Phi) is 5.03. The first-order chi connectivity index (χ1) is 14.0. The van der Waals surface area contributed by atoms with Crippen LogP contribution in [-0.4, -0.2) is 22.9 Å². The minimum absolute atomic E-state index is 0.219. The lowest BCUT2D eigenvalue weighted by molar-refractivity contribution is 0.0958. The second kappa shape index (κ2) is 7.64. The van der Waals surface area contributed by atoms with Crippen LogP contribution in [0.3, 0.4) is 0 Å². The smallest absolute Gasteiger partial charge is 0.269 e. The molecule has 144 valence electrons. The monoisotopic (exact) mass is 401 g/mol. The number of hydrogen-bond donors (Lipinski definition) is 1. The molecular formula is C24H20ClN3O. The molecule has 0 unspecified atom stereocenters. The van der Waals surface area contributed by atoms with Crippen LogP contribution in [0, 0.1) is 13.8 Å². The summed E-state index contributed by atoms with van der Waals surface area (Å²) in [5.74, 6) is -0.219. The van der Waals surface area contributed by atoms with Gasteiger partial charge in [0.2, 0.25) is 0 Å². The van der Waals surface area contributed by atoms with Crippen molar-refractivity contribution >= 4 is 28.4 Å². The Morgan fingerprint density at radius 1 is 1.00 bits per heavy atom. The van der Waals surface area contributed by atoms with Gasteiger partial charge in [0, 0.05) is 29.9 Å². The lowest BCUT2D eigenvalue weighted by Gasteiger charge is -2.17. The average molecular weight is 402 g/mol. The Morgan fingerprint density at radius 2 is 1.76 bits per heavy atom. The lowest BCUT2D eigenvalue weighted by Crippen LogP contribution is -2.19. The molecule has 0 fully saturated rings. The van der Waals surface area contributed by atoms with Crippen molar-refractivity contribution < 1.29 is 4.79 Å². The van der Waals surface area contributed by atoms with Crippen LogP contribution in [-0.2, 0) is 0 Å². The summed E-state index contributed by atoms with van der Waals surface area (Å²) < 4.78 is 0. The maximum absolute atomic E-state index is 12.4. The van der Waals surface area contributed by atoms with E-state index in [4.69, 9.17) is 11.6 Å². The lowest BCUT2D eigenvalue weighted by atomic mass is 9.89. The number of carbonyl (C=O) groups is 1. The highest BCUT2D eigenvalue weighted by atomic mass is 35.5.